The van der Waals surface area contributed by atoms with Gasteiger partial charge in [0.25, 0.3) is 0 Å². The lowest BCUT2D eigenvalue weighted by atomic mass is 9.84. The van der Waals surface area contributed by atoms with Crippen LogP contribution >= 0.6 is 0 Å². The van der Waals surface area contributed by atoms with Crippen molar-refractivity contribution in [1.29, 1.82) is 0 Å². The van der Waals surface area contributed by atoms with Crippen molar-refractivity contribution in [1.82, 2.24) is 9.80 Å². The second-order valence-corrected chi connectivity index (χ2v) is 6.05. The molecule has 1 aromatic heterocycles. The summed E-state index contributed by atoms with van der Waals surface area (Å²) in [6, 6.07) is 2.49. The third kappa shape index (κ3) is 2.60. The van der Waals surface area contributed by atoms with Gasteiger partial charge in [-0.05, 0) is 51.4 Å². The number of fused-ring (bicyclic) bond motifs is 1. The minimum atomic E-state index is -0.975. The van der Waals surface area contributed by atoms with Crippen LogP contribution < -0.4 is 0 Å². The van der Waals surface area contributed by atoms with E-state index in [1.165, 1.54) is 32.1 Å². The van der Waals surface area contributed by atoms with Gasteiger partial charge in [-0.25, -0.2) is 4.79 Å². The van der Waals surface area contributed by atoms with E-state index in [2.05, 4.69) is 16.8 Å². The maximum Gasteiger partial charge on any atom is 0.372 e. The Labute approximate surface area is 119 Å². The number of aromatic carboxylic acids is 1. The fraction of sp³-hybridized carbons (Fsp3) is 0.667. The third-order valence-corrected chi connectivity index (χ3v) is 4.76. The molecule has 1 N–H and O–H groups in total. The SMILES string of the molecule is CN1CCCC2CN(Cc3ccoc3C(=O)O)CCC21. The number of likely N-dealkylation sites (tertiary alicyclic amines) is 2. The lowest BCUT2D eigenvalue weighted by molar-refractivity contribution is 0.0350. The Morgan fingerprint density at radius 1 is 1.45 bits per heavy atom. The minimum absolute atomic E-state index is 0.0906. The monoisotopic (exact) mass is 278 g/mol. The highest BCUT2D eigenvalue weighted by molar-refractivity contribution is 5.86. The lowest BCUT2D eigenvalue weighted by Crippen LogP contribution is -2.52. The smallest absolute Gasteiger partial charge is 0.372 e. The van der Waals surface area contributed by atoms with Crippen molar-refractivity contribution in [2.24, 2.45) is 5.92 Å². The average molecular weight is 278 g/mol. The predicted molar refractivity (Wildman–Crippen MR) is 74.7 cm³/mol. The molecule has 0 aliphatic carbocycles. The largest absolute Gasteiger partial charge is 0.475 e. The van der Waals surface area contributed by atoms with Gasteiger partial charge in [0.15, 0.2) is 0 Å². The van der Waals surface area contributed by atoms with Gasteiger partial charge in [-0.15, -0.1) is 0 Å². The molecule has 1 aromatic rings. The van der Waals surface area contributed by atoms with E-state index in [1.807, 2.05) is 0 Å². The van der Waals surface area contributed by atoms with Crippen LogP contribution in [0.2, 0.25) is 0 Å². The average Bonchev–Trinajstić information content (AvgIpc) is 2.87. The van der Waals surface area contributed by atoms with Crippen LogP contribution in [-0.4, -0.2) is 53.6 Å². The van der Waals surface area contributed by atoms with Gasteiger partial charge >= 0.3 is 5.97 Å². The molecule has 3 heterocycles. The summed E-state index contributed by atoms with van der Waals surface area (Å²) in [6.45, 7) is 4.01. The van der Waals surface area contributed by atoms with E-state index < -0.39 is 5.97 Å². The van der Waals surface area contributed by atoms with Crippen LogP contribution in [0, 0.1) is 5.92 Å². The van der Waals surface area contributed by atoms with Gasteiger partial charge in [-0.3, -0.25) is 4.90 Å². The molecule has 5 nitrogen and oxygen atoms in total. The second kappa shape index (κ2) is 5.58. The number of nitrogens with zero attached hydrogens (tertiary/aromatic N) is 2. The lowest BCUT2D eigenvalue weighted by Gasteiger charge is -2.46. The zero-order valence-electron chi connectivity index (χ0n) is 11.9. The quantitative estimate of drug-likeness (QED) is 0.915. The molecule has 0 aromatic carbocycles. The number of hydrogen-bond donors (Lipinski definition) is 1. The molecule has 2 aliphatic rings. The van der Waals surface area contributed by atoms with Crippen molar-refractivity contribution in [2.75, 3.05) is 26.7 Å². The second-order valence-electron chi connectivity index (χ2n) is 6.05. The Hall–Kier alpha value is -1.33. The predicted octanol–water partition coefficient (Wildman–Crippen LogP) is 1.89. The summed E-state index contributed by atoms with van der Waals surface area (Å²) in [4.78, 5) is 15.9. The van der Waals surface area contributed by atoms with E-state index in [-0.39, 0.29) is 5.76 Å². The Kier molecular flexibility index (Phi) is 3.81. The van der Waals surface area contributed by atoms with Crippen molar-refractivity contribution < 1.29 is 14.3 Å². The molecule has 0 spiro atoms. The van der Waals surface area contributed by atoms with E-state index in [1.54, 1.807) is 6.07 Å². The van der Waals surface area contributed by atoms with Crippen molar-refractivity contribution in [2.45, 2.75) is 31.8 Å². The highest BCUT2D eigenvalue weighted by atomic mass is 16.4. The highest BCUT2D eigenvalue weighted by Gasteiger charge is 2.34. The molecule has 2 unspecified atom stereocenters. The van der Waals surface area contributed by atoms with Crippen LogP contribution in [0.3, 0.4) is 0 Å². The molecule has 5 heteroatoms. The number of furan rings is 1. The summed E-state index contributed by atoms with van der Waals surface area (Å²) >= 11 is 0. The van der Waals surface area contributed by atoms with Crippen molar-refractivity contribution in [3.63, 3.8) is 0 Å². The standard InChI is InChI=1S/C15H22N2O3/c1-16-6-2-3-11-9-17(7-4-13(11)16)10-12-5-8-20-14(12)15(18)19/h5,8,11,13H,2-4,6-7,9-10H2,1H3,(H,18,19). The summed E-state index contributed by atoms with van der Waals surface area (Å²) in [5, 5.41) is 9.09. The Morgan fingerprint density at radius 3 is 3.10 bits per heavy atom. The molecule has 0 amide bonds. The van der Waals surface area contributed by atoms with Gasteiger partial charge in [-0.2, -0.15) is 0 Å². The van der Waals surface area contributed by atoms with E-state index >= 15 is 0 Å². The number of carboxylic acid groups (broad SMARTS) is 1. The molecule has 2 fully saturated rings. The van der Waals surface area contributed by atoms with Crippen LogP contribution in [0.25, 0.3) is 0 Å². The number of rotatable bonds is 3. The Balaban J connectivity index is 1.65. The molecular weight excluding hydrogens is 256 g/mol. The minimum Gasteiger partial charge on any atom is -0.475 e. The van der Waals surface area contributed by atoms with Crippen LogP contribution in [0.15, 0.2) is 16.7 Å². The van der Waals surface area contributed by atoms with Crippen LogP contribution in [0.4, 0.5) is 0 Å². The summed E-state index contributed by atoms with van der Waals surface area (Å²) in [5.41, 5.74) is 0.792. The summed E-state index contributed by atoms with van der Waals surface area (Å²) in [7, 11) is 2.23. The number of carboxylic acids is 1. The molecule has 110 valence electrons. The fourth-order valence-electron chi connectivity index (χ4n) is 3.76. The maximum absolute atomic E-state index is 11.1. The van der Waals surface area contributed by atoms with Crippen molar-refractivity contribution in [3.05, 3.63) is 23.7 Å². The van der Waals surface area contributed by atoms with Crippen molar-refractivity contribution in [3.8, 4) is 0 Å². The number of carbonyl (C=O) groups is 1. The molecule has 2 atom stereocenters. The molecule has 2 saturated heterocycles. The number of piperidine rings is 2. The first-order chi connectivity index (χ1) is 9.65. The first kappa shape index (κ1) is 13.6. The van der Waals surface area contributed by atoms with E-state index in [0.717, 1.165) is 24.6 Å². The fourth-order valence-corrected chi connectivity index (χ4v) is 3.76. The third-order valence-electron chi connectivity index (χ3n) is 4.76. The molecule has 0 saturated carbocycles. The molecule has 3 rings (SSSR count). The molecule has 0 bridgehead atoms. The topological polar surface area (TPSA) is 56.9 Å². The van der Waals surface area contributed by atoms with Crippen LogP contribution in [0.1, 0.15) is 35.4 Å². The van der Waals surface area contributed by atoms with E-state index in [9.17, 15) is 4.79 Å². The van der Waals surface area contributed by atoms with Gasteiger partial charge in [-0.1, -0.05) is 0 Å². The van der Waals surface area contributed by atoms with Crippen LogP contribution in [-0.2, 0) is 6.54 Å². The molecule has 0 radical (unpaired) electrons. The molecule has 20 heavy (non-hydrogen) atoms. The molecular formula is C15H22N2O3. The summed E-state index contributed by atoms with van der Waals surface area (Å²) in [6.07, 6.45) is 5.22. The highest BCUT2D eigenvalue weighted by Crippen LogP contribution is 2.30. The summed E-state index contributed by atoms with van der Waals surface area (Å²) in [5.74, 6) is -0.159. The van der Waals surface area contributed by atoms with E-state index in [0.29, 0.717) is 12.6 Å². The first-order valence-electron chi connectivity index (χ1n) is 7.37. The van der Waals surface area contributed by atoms with E-state index in [4.69, 9.17) is 9.52 Å². The van der Waals surface area contributed by atoms with Gasteiger partial charge in [0.05, 0.1) is 6.26 Å². The normalized spacial score (nSPS) is 28.2. The zero-order chi connectivity index (χ0) is 14.1. The molecule has 2 aliphatic heterocycles. The zero-order valence-corrected chi connectivity index (χ0v) is 11.9. The van der Waals surface area contributed by atoms with Crippen molar-refractivity contribution >= 4 is 5.97 Å². The number of hydrogen-bond acceptors (Lipinski definition) is 4. The Bertz CT molecular complexity index is 485. The Morgan fingerprint density at radius 2 is 2.30 bits per heavy atom. The maximum atomic E-state index is 11.1. The summed E-state index contributed by atoms with van der Waals surface area (Å²) < 4.78 is 5.06. The van der Waals surface area contributed by atoms with Gasteiger partial charge < -0.3 is 14.4 Å². The first-order valence-corrected chi connectivity index (χ1v) is 7.37. The van der Waals surface area contributed by atoms with Gasteiger partial charge in [0, 0.05) is 24.7 Å². The van der Waals surface area contributed by atoms with Gasteiger partial charge in [0.2, 0.25) is 5.76 Å². The van der Waals surface area contributed by atoms with Crippen LogP contribution in [0.5, 0.6) is 0 Å². The van der Waals surface area contributed by atoms with Gasteiger partial charge in [0.1, 0.15) is 0 Å².